The van der Waals surface area contributed by atoms with E-state index in [0.717, 1.165) is 54.9 Å². The van der Waals surface area contributed by atoms with E-state index >= 15 is 0 Å². The molecule has 1 fully saturated rings. The molecular formula is C21H25N5. The second kappa shape index (κ2) is 7.38. The van der Waals surface area contributed by atoms with E-state index in [1.165, 1.54) is 5.56 Å². The largest absolute Gasteiger partial charge is 0.356 e. The topological polar surface area (TPSA) is 45.2 Å². The Morgan fingerprint density at radius 1 is 1.04 bits per heavy atom. The minimum Gasteiger partial charge on any atom is -0.356 e. The third-order valence-corrected chi connectivity index (χ3v) is 5.45. The van der Waals surface area contributed by atoms with Crippen LogP contribution in [0.1, 0.15) is 24.1 Å². The van der Waals surface area contributed by atoms with Crippen molar-refractivity contribution in [2.45, 2.75) is 32.4 Å². The van der Waals surface area contributed by atoms with Crippen LogP contribution in [0.3, 0.4) is 0 Å². The number of pyridine rings is 1. The molecular weight excluding hydrogens is 322 g/mol. The molecule has 0 amide bonds. The van der Waals surface area contributed by atoms with Gasteiger partial charge in [0.15, 0.2) is 0 Å². The Hall–Kier alpha value is -2.53. The molecule has 26 heavy (non-hydrogen) atoms. The van der Waals surface area contributed by atoms with Crippen molar-refractivity contribution < 1.29 is 0 Å². The number of aryl methyl sites for hydroxylation is 1. The number of hydrogen-bond acceptors (Lipinski definition) is 5. The fourth-order valence-corrected chi connectivity index (χ4v) is 3.84. The van der Waals surface area contributed by atoms with Crippen molar-refractivity contribution in [3.8, 4) is 0 Å². The van der Waals surface area contributed by atoms with E-state index in [2.05, 4.69) is 63.0 Å². The average molecular weight is 347 g/mol. The fraction of sp³-hybridized carbons (Fsp3) is 0.381. The van der Waals surface area contributed by atoms with Gasteiger partial charge < -0.3 is 4.90 Å². The zero-order chi connectivity index (χ0) is 17.9. The predicted molar refractivity (Wildman–Crippen MR) is 105 cm³/mol. The van der Waals surface area contributed by atoms with Crippen molar-refractivity contribution >= 4 is 16.7 Å². The Labute approximate surface area is 154 Å². The summed E-state index contributed by atoms with van der Waals surface area (Å²) in [5.74, 6) is 1.07. The van der Waals surface area contributed by atoms with E-state index in [-0.39, 0.29) is 0 Å². The number of nitrogens with zero attached hydrogens (tertiary/aromatic N) is 5. The standard InChI is InChI=1S/C21H25N5/c1-16-17(6-5-11-22-16)14-25(2)18-9-12-26(13-10-18)21-19-7-3-4-8-20(19)23-15-24-21/h3-8,11,15,18H,9-10,12-14H2,1-2H3. The summed E-state index contributed by atoms with van der Waals surface area (Å²) in [7, 11) is 2.23. The summed E-state index contributed by atoms with van der Waals surface area (Å²) in [6, 6.07) is 13.1. The molecule has 0 radical (unpaired) electrons. The SMILES string of the molecule is Cc1ncccc1CN(C)C1CCN(c2ncnc3ccccc23)CC1. The van der Waals surface area contributed by atoms with Gasteiger partial charge in [0.2, 0.25) is 0 Å². The molecule has 0 unspecified atom stereocenters. The van der Waals surface area contributed by atoms with Crippen molar-refractivity contribution in [1.29, 1.82) is 0 Å². The lowest BCUT2D eigenvalue weighted by Gasteiger charge is -2.37. The molecule has 4 rings (SSSR count). The Morgan fingerprint density at radius 2 is 1.85 bits per heavy atom. The van der Waals surface area contributed by atoms with Crippen molar-refractivity contribution in [3.63, 3.8) is 0 Å². The van der Waals surface area contributed by atoms with Gasteiger partial charge in [0.25, 0.3) is 0 Å². The highest BCUT2D eigenvalue weighted by Gasteiger charge is 2.24. The van der Waals surface area contributed by atoms with Crippen molar-refractivity contribution in [2.75, 3.05) is 25.0 Å². The molecule has 0 atom stereocenters. The molecule has 5 heteroatoms. The first kappa shape index (κ1) is 16.9. The van der Waals surface area contributed by atoms with Crippen LogP contribution in [0.15, 0.2) is 48.9 Å². The molecule has 2 aromatic heterocycles. The second-order valence-electron chi connectivity index (χ2n) is 7.10. The van der Waals surface area contributed by atoms with Crippen molar-refractivity contribution in [1.82, 2.24) is 19.9 Å². The Morgan fingerprint density at radius 3 is 2.65 bits per heavy atom. The van der Waals surface area contributed by atoms with Crippen LogP contribution < -0.4 is 4.90 Å². The zero-order valence-corrected chi connectivity index (χ0v) is 15.5. The lowest BCUT2D eigenvalue weighted by Crippen LogP contribution is -2.43. The number of hydrogen-bond donors (Lipinski definition) is 0. The Kier molecular flexibility index (Phi) is 4.80. The normalized spacial score (nSPS) is 15.7. The van der Waals surface area contributed by atoms with Crippen LogP contribution in [0.25, 0.3) is 10.9 Å². The predicted octanol–water partition coefficient (Wildman–Crippen LogP) is 3.43. The van der Waals surface area contributed by atoms with Crippen LogP contribution in [-0.2, 0) is 6.54 Å². The summed E-state index contributed by atoms with van der Waals surface area (Å²) >= 11 is 0. The van der Waals surface area contributed by atoms with Gasteiger partial charge in [-0.05, 0) is 50.6 Å². The molecule has 1 aromatic carbocycles. The van der Waals surface area contributed by atoms with Gasteiger partial charge in [0.05, 0.1) is 5.52 Å². The molecule has 3 aromatic rings. The molecule has 0 bridgehead atoms. The average Bonchev–Trinajstić information content (AvgIpc) is 2.69. The monoisotopic (exact) mass is 347 g/mol. The van der Waals surface area contributed by atoms with Crippen LogP contribution in [-0.4, -0.2) is 46.0 Å². The molecule has 1 aliphatic heterocycles. The molecule has 0 spiro atoms. The van der Waals surface area contributed by atoms with Gasteiger partial charge in [-0.2, -0.15) is 0 Å². The summed E-state index contributed by atoms with van der Waals surface area (Å²) in [6.45, 7) is 5.11. The molecule has 0 saturated carbocycles. The number of aromatic nitrogens is 3. The van der Waals surface area contributed by atoms with Crippen LogP contribution in [0, 0.1) is 6.92 Å². The number of benzene rings is 1. The first-order chi connectivity index (χ1) is 12.7. The van der Waals surface area contributed by atoms with E-state index in [0.29, 0.717) is 6.04 Å². The lowest BCUT2D eigenvalue weighted by atomic mass is 10.0. The summed E-state index contributed by atoms with van der Waals surface area (Å²) in [4.78, 5) is 18.2. The van der Waals surface area contributed by atoms with Gasteiger partial charge in [-0.25, -0.2) is 9.97 Å². The number of para-hydroxylation sites is 1. The van der Waals surface area contributed by atoms with E-state index in [9.17, 15) is 0 Å². The lowest BCUT2D eigenvalue weighted by molar-refractivity contribution is 0.199. The summed E-state index contributed by atoms with van der Waals surface area (Å²) in [6.07, 6.45) is 5.84. The number of rotatable bonds is 4. The van der Waals surface area contributed by atoms with Gasteiger partial charge in [-0.3, -0.25) is 9.88 Å². The summed E-state index contributed by atoms with van der Waals surface area (Å²) < 4.78 is 0. The van der Waals surface area contributed by atoms with Gasteiger partial charge in [0.1, 0.15) is 12.1 Å². The molecule has 134 valence electrons. The first-order valence-corrected chi connectivity index (χ1v) is 9.28. The number of anilines is 1. The van der Waals surface area contributed by atoms with Crippen LogP contribution in [0.5, 0.6) is 0 Å². The second-order valence-corrected chi connectivity index (χ2v) is 7.10. The Balaban J connectivity index is 1.43. The van der Waals surface area contributed by atoms with E-state index in [1.54, 1.807) is 6.33 Å². The van der Waals surface area contributed by atoms with E-state index in [4.69, 9.17) is 0 Å². The highest BCUT2D eigenvalue weighted by atomic mass is 15.2. The van der Waals surface area contributed by atoms with Crippen molar-refractivity contribution in [3.05, 3.63) is 60.2 Å². The zero-order valence-electron chi connectivity index (χ0n) is 15.5. The summed E-state index contributed by atoms with van der Waals surface area (Å²) in [5, 5.41) is 1.15. The van der Waals surface area contributed by atoms with Crippen LogP contribution >= 0.6 is 0 Å². The molecule has 5 nitrogen and oxygen atoms in total. The van der Waals surface area contributed by atoms with Crippen LogP contribution in [0.4, 0.5) is 5.82 Å². The molecule has 0 aliphatic carbocycles. The maximum atomic E-state index is 4.57. The third kappa shape index (κ3) is 3.40. The Bertz CT molecular complexity index is 881. The quantitative estimate of drug-likeness (QED) is 0.723. The number of piperidine rings is 1. The van der Waals surface area contributed by atoms with Crippen LogP contribution in [0.2, 0.25) is 0 Å². The minimum atomic E-state index is 0.596. The number of fused-ring (bicyclic) bond motifs is 1. The fourth-order valence-electron chi connectivity index (χ4n) is 3.84. The van der Waals surface area contributed by atoms with Crippen molar-refractivity contribution in [2.24, 2.45) is 0 Å². The molecule has 0 N–H and O–H groups in total. The first-order valence-electron chi connectivity index (χ1n) is 9.28. The maximum absolute atomic E-state index is 4.57. The molecule has 1 aliphatic rings. The van der Waals surface area contributed by atoms with E-state index in [1.807, 2.05) is 18.3 Å². The van der Waals surface area contributed by atoms with Gasteiger partial charge in [-0.1, -0.05) is 18.2 Å². The van der Waals surface area contributed by atoms with Gasteiger partial charge in [0, 0.05) is 43.0 Å². The highest BCUT2D eigenvalue weighted by molar-refractivity contribution is 5.89. The van der Waals surface area contributed by atoms with E-state index < -0.39 is 0 Å². The summed E-state index contributed by atoms with van der Waals surface area (Å²) in [5.41, 5.74) is 3.47. The third-order valence-electron chi connectivity index (χ3n) is 5.45. The highest BCUT2D eigenvalue weighted by Crippen LogP contribution is 2.27. The van der Waals surface area contributed by atoms with Gasteiger partial charge >= 0.3 is 0 Å². The molecule has 1 saturated heterocycles. The smallest absolute Gasteiger partial charge is 0.139 e. The van der Waals surface area contributed by atoms with Gasteiger partial charge in [-0.15, -0.1) is 0 Å². The molecule has 3 heterocycles. The minimum absolute atomic E-state index is 0.596. The maximum Gasteiger partial charge on any atom is 0.139 e.